The summed E-state index contributed by atoms with van der Waals surface area (Å²) < 4.78 is 7.70. The van der Waals surface area contributed by atoms with Gasteiger partial charge in [-0.2, -0.15) is 0 Å². The number of hydrogen-bond donors (Lipinski definition) is 0. The largest absolute Gasteiger partial charge is 0.379 e. The van der Waals surface area contributed by atoms with E-state index in [0.717, 1.165) is 42.8 Å². The maximum absolute atomic E-state index is 12.9. The first-order valence-corrected chi connectivity index (χ1v) is 8.80. The van der Waals surface area contributed by atoms with Crippen LogP contribution < -0.4 is 0 Å². The molecule has 0 spiro atoms. The topological polar surface area (TPSA) is 29.5 Å². The van der Waals surface area contributed by atoms with Gasteiger partial charge in [-0.1, -0.05) is 36.0 Å². The SMILES string of the molecule is O=C1c2cc3ccccc3cc2C=C[Si]1N1CCOCC1. The number of ether oxygens (including phenoxy) is 1. The van der Waals surface area contributed by atoms with E-state index in [1.165, 1.54) is 5.39 Å². The summed E-state index contributed by atoms with van der Waals surface area (Å²) in [5.74, 6) is 0. The van der Waals surface area contributed by atoms with Crippen LogP contribution in [-0.2, 0) is 4.74 Å². The molecule has 4 heteroatoms. The van der Waals surface area contributed by atoms with Crippen molar-refractivity contribution in [2.45, 2.75) is 0 Å². The molecule has 0 unspecified atom stereocenters. The molecule has 3 nitrogen and oxygen atoms in total. The highest BCUT2D eigenvalue weighted by atomic mass is 28.3. The molecule has 2 aromatic rings. The number of benzene rings is 2. The molecule has 0 saturated carbocycles. The molecule has 0 aliphatic carbocycles. The summed E-state index contributed by atoms with van der Waals surface area (Å²) in [5, 5.41) is 2.64. The Bertz CT molecular complexity index is 735. The van der Waals surface area contributed by atoms with E-state index < -0.39 is 8.96 Å². The number of morpholine rings is 1. The first kappa shape index (κ1) is 12.9. The number of rotatable bonds is 1. The molecule has 2 aromatic carbocycles. The zero-order valence-electron chi connectivity index (χ0n) is 11.7. The predicted molar refractivity (Wildman–Crippen MR) is 85.5 cm³/mol. The molecule has 1 saturated heterocycles. The Morgan fingerprint density at radius 3 is 2.52 bits per heavy atom. The molecule has 1 radical (unpaired) electrons. The lowest BCUT2D eigenvalue weighted by molar-refractivity contribution is 0.0698. The van der Waals surface area contributed by atoms with Gasteiger partial charge < -0.3 is 9.30 Å². The summed E-state index contributed by atoms with van der Waals surface area (Å²) in [5.41, 5.74) is 4.08. The summed E-state index contributed by atoms with van der Waals surface area (Å²) in [4.78, 5) is 12.9. The van der Waals surface area contributed by atoms with Crippen LogP contribution in [0.5, 0.6) is 0 Å². The Morgan fingerprint density at radius 1 is 1.05 bits per heavy atom. The first-order valence-electron chi connectivity index (χ1n) is 7.28. The van der Waals surface area contributed by atoms with E-state index in [9.17, 15) is 4.79 Å². The van der Waals surface area contributed by atoms with Crippen LogP contribution in [0.3, 0.4) is 0 Å². The van der Waals surface area contributed by atoms with Crippen LogP contribution in [0, 0.1) is 0 Å². The van der Waals surface area contributed by atoms with E-state index in [1.54, 1.807) is 0 Å². The second kappa shape index (κ2) is 5.22. The fourth-order valence-electron chi connectivity index (χ4n) is 3.03. The number of nitrogens with zero attached hydrogens (tertiary/aromatic N) is 1. The van der Waals surface area contributed by atoms with Gasteiger partial charge in [0.05, 0.1) is 13.2 Å². The fourth-order valence-corrected chi connectivity index (χ4v) is 5.17. The molecule has 0 bridgehead atoms. The Kier molecular flexibility index (Phi) is 3.22. The van der Waals surface area contributed by atoms with Gasteiger partial charge in [-0.05, 0) is 28.5 Å². The van der Waals surface area contributed by atoms with Crippen molar-refractivity contribution in [3.05, 3.63) is 53.2 Å². The van der Waals surface area contributed by atoms with Gasteiger partial charge in [0.15, 0.2) is 5.41 Å². The van der Waals surface area contributed by atoms with Crippen molar-refractivity contribution < 1.29 is 9.53 Å². The Hall–Kier alpha value is -1.75. The van der Waals surface area contributed by atoms with E-state index >= 15 is 0 Å². The minimum atomic E-state index is -1.27. The van der Waals surface area contributed by atoms with E-state index in [-0.39, 0.29) is 0 Å². The lowest BCUT2D eigenvalue weighted by Gasteiger charge is -2.32. The molecule has 2 aliphatic heterocycles. The van der Waals surface area contributed by atoms with Crippen molar-refractivity contribution in [1.82, 2.24) is 4.57 Å². The molecule has 0 atom stereocenters. The second-order valence-corrected chi connectivity index (χ2v) is 7.62. The molecular weight excluding hydrogens is 278 g/mol. The molecule has 21 heavy (non-hydrogen) atoms. The van der Waals surface area contributed by atoms with Gasteiger partial charge >= 0.3 is 0 Å². The molecule has 4 rings (SSSR count). The van der Waals surface area contributed by atoms with Gasteiger partial charge in [0.25, 0.3) is 8.96 Å². The van der Waals surface area contributed by atoms with Crippen LogP contribution in [0.15, 0.2) is 42.1 Å². The Balaban J connectivity index is 1.75. The monoisotopic (exact) mass is 294 g/mol. The normalized spacial score (nSPS) is 19.9. The number of carbonyl (C=O) groups excluding carboxylic acids is 1. The molecule has 2 heterocycles. The van der Waals surface area contributed by atoms with E-state index in [2.05, 4.69) is 40.6 Å². The standard InChI is InChI=1S/C17H16NO2Si/c19-17-16-12-14-4-2-1-3-13(14)11-15(16)5-10-21(17)18-6-8-20-9-7-18/h1-5,10-12H,6-9H2. The zero-order valence-corrected chi connectivity index (χ0v) is 12.7. The minimum Gasteiger partial charge on any atom is -0.379 e. The van der Waals surface area contributed by atoms with Crippen LogP contribution in [0.1, 0.15) is 15.9 Å². The third kappa shape index (κ3) is 2.25. The number of hydrogen-bond acceptors (Lipinski definition) is 3. The third-order valence-corrected chi connectivity index (χ3v) is 6.51. The zero-order chi connectivity index (χ0) is 14.2. The van der Waals surface area contributed by atoms with Crippen LogP contribution >= 0.6 is 0 Å². The van der Waals surface area contributed by atoms with Gasteiger partial charge in [-0.25, -0.2) is 0 Å². The highest BCUT2D eigenvalue weighted by Gasteiger charge is 2.32. The first-order chi connectivity index (χ1) is 10.3. The van der Waals surface area contributed by atoms with E-state index in [0.29, 0.717) is 5.41 Å². The average Bonchev–Trinajstić information content (AvgIpc) is 2.55. The summed E-state index contributed by atoms with van der Waals surface area (Å²) in [7, 11) is -1.27. The minimum absolute atomic E-state index is 0.310. The quantitative estimate of drug-likeness (QED) is 0.757. The highest BCUT2D eigenvalue weighted by Crippen LogP contribution is 2.26. The van der Waals surface area contributed by atoms with E-state index in [1.807, 2.05) is 12.1 Å². The van der Waals surface area contributed by atoms with Crippen LogP contribution in [0.4, 0.5) is 0 Å². The van der Waals surface area contributed by atoms with Gasteiger partial charge in [0, 0.05) is 18.7 Å². The molecule has 2 aliphatic rings. The van der Waals surface area contributed by atoms with Gasteiger partial charge in [0.2, 0.25) is 0 Å². The molecule has 0 amide bonds. The maximum atomic E-state index is 12.9. The number of fused-ring (bicyclic) bond motifs is 2. The number of carbonyl (C=O) groups is 1. The third-order valence-electron chi connectivity index (χ3n) is 4.17. The highest BCUT2D eigenvalue weighted by molar-refractivity contribution is 6.95. The van der Waals surface area contributed by atoms with Crippen LogP contribution in [0.2, 0.25) is 0 Å². The van der Waals surface area contributed by atoms with Gasteiger partial charge in [-0.3, -0.25) is 4.79 Å². The molecule has 1 fully saturated rings. The van der Waals surface area contributed by atoms with Crippen molar-refractivity contribution >= 4 is 31.2 Å². The van der Waals surface area contributed by atoms with Crippen LogP contribution in [-0.4, -0.2) is 45.2 Å². The average molecular weight is 294 g/mol. The fraction of sp³-hybridized carbons (Fsp3) is 0.235. The predicted octanol–water partition coefficient (Wildman–Crippen LogP) is 2.45. The van der Waals surface area contributed by atoms with Gasteiger partial charge in [-0.15, -0.1) is 0 Å². The van der Waals surface area contributed by atoms with Crippen molar-refractivity contribution in [3.8, 4) is 0 Å². The second-order valence-electron chi connectivity index (χ2n) is 5.43. The van der Waals surface area contributed by atoms with Crippen molar-refractivity contribution in [2.24, 2.45) is 0 Å². The summed E-state index contributed by atoms with van der Waals surface area (Å²) in [6.07, 6.45) is 2.13. The molecule has 0 N–H and O–H groups in total. The summed E-state index contributed by atoms with van der Waals surface area (Å²) >= 11 is 0. The Morgan fingerprint density at radius 2 is 1.76 bits per heavy atom. The van der Waals surface area contributed by atoms with E-state index in [4.69, 9.17) is 4.74 Å². The van der Waals surface area contributed by atoms with Crippen molar-refractivity contribution in [3.63, 3.8) is 0 Å². The van der Waals surface area contributed by atoms with Crippen molar-refractivity contribution in [2.75, 3.05) is 26.3 Å². The lowest BCUT2D eigenvalue weighted by Crippen LogP contribution is -2.51. The summed E-state index contributed by atoms with van der Waals surface area (Å²) in [6, 6.07) is 12.4. The van der Waals surface area contributed by atoms with Crippen LogP contribution in [0.25, 0.3) is 16.8 Å². The molecule has 0 aromatic heterocycles. The van der Waals surface area contributed by atoms with Crippen molar-refractivity contribution in [1.29, 1.82) is 0 Å². The summed E-state index contributed by atoms with van der Waals surface area (Å²) in [6.45, 7) is 3.21. The Labute approximate surface area is 125 Å². The molecular formula is C17H16NO2Si. The smallest absolute Gasteiger partial charge is 0.254 e. The van der Waals surface area contributed by atoms with Gasteiger partial charge in [0.1, 0.15) is 0 Å². The maximum Gasteiger partial charge on any atom is 0.254 e. The lowest BCUT2D eigenvalue weighted by atomic mass is 10.0. The molecule has 105 valence electrons.